The van der Waals surface area contributed by atoms with Crippen molar-refractivity contribution < 1.29 is 4.79 Å². The van der Waals surface area contributed by atoms with E-state index in [1.54, 1.807) is 24.2 Å². The van der Waals surface area contributed by atoms with E-state index < -0.39 is 0 Å². The van der Waals surface area contributed by atoms with Crippen LogP contribution in [0.15, 0.2) is 30.5 Å². The number of hydrogen-bond donors (Lipinski definition) is 0. The van der Waals surface area contributed by atoms with Crippen molar-refractivity contribution in [2.45, 2.75) is 19.3 Å². The van der Waals surface area contributed by atoms with Crippen LogP contribution in [-0.4, -0.2) is 63.9 Å². The number of rotatable bonds is 6. The van der Waals surface area contributed by atoms with Gasteiger partial charge in [0.15, 0.2) is 5.69 Å². The highest BCUT2D eigenvalue weighted by molar-refractivity contribution is 6.32. The van der Waals surface area contributed by atoms with Crippen molar-refractivity contribution in [3.05, 3.63) is 41.2 Å². The molecule has 24 heavy (non-hydrogen) atoms. The summed E-state index contributed by atoms with van der Waals surface area (Å²) in [4.78, 5) is 16.6. The number of aromatic nitrogens is 3. The van der Waals surface area contributed by atoms with Gasteiger partial charge < -0.3 is 9.80 Å². The zero-order chi connectivity index (χ0) is 16.9. The van der Waals surface area contributed by atoms with E-state index in [0.717, 1.165) is 13.0 Å². The van der Waals surface area contributed by atoms with Crippen molar-refractivity contribution in [3.8, 4) is 5.69 Å². The molecule has 6 nitrogen and oxygen atoms in total. The van der Waals surface area contributed by atoms with E-state index in [1.165, 1.54) is 30.6 Å². The molecule has 0 radical (unpaired) electrons. The molecule has 1 aliphatic rings. The maximum absolute atomic E-state index is 12.5. The molecular formula is C17H22ClN5O. The second-order valence-corrected chi connectivity index (χ2v) is 6.54. The number of halogens is 1. The summed E-state index contributed by atoms with van der Waals surface area (Å²) in [7, 11) is 1.81. The van der Waals surface area contributed by atoms with Gasteiger partial charge in [0, 0.05) is 13.6 Å². The molecule has 1 aromatic heterocycles. The van der Waals surface area contributed by atoms with Gasteiger partial charge >= 0.3 is 0 Å². The maximum atomic E-state index is 12.5. The molecule has 1 amide bonds. The highest BCUT2D eigenvalue weighted by atomic mass is 35.5. The molecule has 7 heteroatoms. The lowest BCUT2D eigenvalue weighted by Crippen LogP contribution is -2.31. The van der Waals surface area contributed by atoms with Crippen LogP contribution in [0.1, 0.15) is 29.8 Å². The Hall–Kier alpha value is -1.92. The molecule has 0 spiro atoms. The van der Waals surface area contributed by atoms with E-state index in [2.05, 4.69) is 15.2 Å². The van der Waals surface area contributed by atoms with Gasteiger partial charge in [0.25, 0.3) is 5.91 Å². The summed E-state index contributed by atoms with van der Waals surface area (Å²) in [6.07, 6.45) is 5.18. The zero-order valence-electron chi connectivity index (χ0n) is 13.9. The fourth-order valence-electron chi connectivity index (χ4n) is 2.95. The number of para-hydroxylation sites is 1. The van der Waals surface area contributed by atoms with Crippen molar-refractivity contribution in [2.75, 3.05) is 33.2 Å². The Labute approximate surface area is 147 Å². The molecule has 1 fully saturated rings. The Morgan fingerprint density at radius 3 is 2.79 bits per heavy atom. The molecule has 1 aromatic carbocycles. The minimum Gasteiger partial charge on any atom is -0.340 e. The number of benzene rings is 1. The first-order valence-electron chi connectivity index (χ1n) is 8.30. The molecule has 0 N–H and O–H groups in total. The van der Waals surface area contributed by atoms with Crippen LogP contribution in [0.2, 0.25) is 5.02 Å². The van der Waals surface area contributed by atoms with Crippen LogP contribution >= 0.6 is 11.6 Å². The lowest BCUT2D eigenvalue weighted by molar-refractivity contribution is 0.0784. The Morgan fingerprint density at radius 1 is 1.29 bits per heavy atom. The number of likely N-dealkylation sites (tertiary alicyclic amines) is 1. The second-order valence-electron chi connectivity index (χ2n) is 6.13. The molecule has 3 rings (SSSR count). The Bertz CT molecular complexity index is 696. The largest absolute Gasteiger partial charge is 0.340 e. The van der Waals surface area contributed by atoms with Crippen LogP contribution in [0.4, 0.5) is 0 Å². The van der Waals surface area contributed by atoms with Crippen molar-refractivity contribution in [3.63, 3.8) is 0 Å². The average Bonchev–Trinajstić information content (AvgIpc) is 3.26. The third-order valence-electron chi connectivity index (χ3n) is 4.33. The van der Waals surface area contributed by atoms with Gasteiger partial charge in [-0.1, -0.05) is 28.9 Å². The first-order chi connectivity index (χ1) is 11.6. The number of amides is 1. The molecule has 128 valence electrons. The number of carbonyl (C=O) groups excluding carboxylic acids is 1. The highest BCUT2D eigenvalue weighted by Crippen LogP contribution is 2.19. The van der Waals surface area contributed by atoms with Crippen molar-refractivity contribution in [1.82, 2.24) is 24.8 Å². The molecule has 2 heterocycles. The summed E-state index contributed by atoms with van der Waals surface area (Å²) in [5.74, 6) is -0.116. The normalized spacial score (nSPS) is 14.9. The Kier molecular flexibility index (Phi) is 5.48. The SMILES string of the molecule is CN(CCCN1CCCC1)C(=O)c1cn(-c2ccccc2Cl)nn1. The van der Waals surface area contributed by atoms with Crippen LogP contribution in [-0.2, 0) is 0 Å². The first-order valence-corrected chi connectivity index (χ1v) is 8.68. The average molecular weight is 348 g/mol. The predicted molar refractivity (Wildman–Crippen MR) is 93.6 cm³/mol. The molecule has 0 saturated carbocycles. The molecular weight excluding hydrogens is 326 g/mol. The van der Waals surface area contributed by atoms with E-state index in [4.69, 9.17) is 11.6 Å². The number of carbonyl (C=O) groups is 1. The van der Waals surface area contributed by atoms with Crippen molar-refractivity contribution in [1.29, 1.82) is 0 Å². The van der Waals surface area contributed by atoms with Gasteiger partial charge in [-0.25, -0.2) is 4.68 Å². The molecule has 0 aliphatic carbocycles. The van der Waals surface area contributed by atoms with Crippen LogP contribution in [0.3, 0.4) is 0 Å². The van der Waals surface area contributed by atoms with Crippen LogP contribution in [0, 0.1) is 0 Å². The van der Waals surface area contributed by atoms with Crippen LogP contribution in [0.25, 0.3) is 5.69 Å². The predicted octanol–water partition coefficient (Wildman–Crippen LogP) is 2.48. The van der Waals surface area contributed by atoms with E-state index in [9.17, 15) is 4.79 Å². The summed E-state index contributed by atoms with van der Waals surface area (Å²) in [5, 5.41) is 8.58. The quantitative estimate of drug-likeness (QED) is 0.805. The fraction of sp³-hybridized carbons (Fsp3) is 0.471. The monoisotopic (exact) mass is 347 g/mol. The number of nitrogens with zero attached hydrogens (tertiary/aromatic N) is 5. The third-order valence-corrected chi connectivity index (χ3v) is 4.64. The van der Waals surface area contributed by atoms with E-state index in [0.29, 0.717) is 22.9 Å². The molecule has 2 aromatic rings. The lowest BCUT2D eigenvalue weighted by Gasteiger charge is -2.19. The van der Waals surface area contributed by atoms with Gasteiger partial charge in [0.05, 0.1) is 16.9 Å². The summed E-state index contributed by atoms with van der Waals surface area (Å²) in [6, 6.07) is 7.34. The van der Waals surface area contributed by atoms with E-state index in [1.807, 2.05) is 18.2 Å². The smallest absolute Gasteiger partial charge is 0.275 e. The van der Waals surface area contributed by atoms with Gasteiger partial charge in [-0.3, -0.25) is 4.79 Å². The maximum Gasteiger partial charge on any atom is 0.275 e. The van der Waals surface area contributed by atoms with Gasteiger partial charge in [0.2, 0.25) is 0 Å². The first kappa shape index (κ1) is 16.9. The molecule has 0 bridgehead atoms. The van der Waals surface area contributed by atoms with Crippen molar-refractivity contribution in [2.24, 2.45) is 0 Å². The topological polar surface area (TPSA) is 54.3 Å². The van der Waals surface area contributed by atoms with Crippen LogP contribution in [0.5, 0.6) is 0 Å². The lowest BCUT2D eigenvalue weighted by atomic mass is 10.3. The van der Waals surface area contributed by atoms with E-state index in [-0.39, 0.29) is 5.91 Å². The Morgan fingerprint density at radius 2 is 2.04 bits per heavy atom. The molecule has 0 atom stereocenters. The van der Waals surface area contributed by atoms with Gasteiger partial charge in [0.1, 0.15) is 0 Å². The summed E-state index contributed by atoms with van der Waals surface area (Å²) >= 11 is 6.15. The van der Waals surface area contributed by atoms with Gasteiger partial charge in [-0.15, -0.1) is 5.10 Å². The molecule has 1 aliphatic heterocycles. The standard InChI is InChI=1S/C17H22ClN5O/c1-21(9-6-12-22-10-4-5-11-22)17(24)15-13-23(20-19-15)16-8-3-2-7-14(16)18/h2-3,7-8,13H,4-6,9-12H2,1H3. The molecule has 1 saturated heterocycles. The van der Waals surface area contributed by atoms with Crippen molar-refractivity contribution >= 4 is 17.5 Å². The minimum absolute atomic E-state index is 0.116. The minimum atomic E-state index is -0.116. The molecule has 0 unspecified atom stereocenters. The summed E-state index contributed by atoms with van der Waals surface area (Å²) < 4.78 is 1.54. The fourth-order valence-corrected chi connectivity index (χ4v) is 3.17. The van der Waals surface area contributed by atoms with E-state index >= 15 is 0 Å². The van der Waals surface area contributed by atoms with Gasteiger partial charge in [-0.2, -0.15) is 0 Å². The summed E-state index contributed by atoms with van der Waals surface area (Å²) in [5.41, 5.74) is 1.04. The van der Waals surface area contributed by atoms with Gasteiger partial charge in [-0.05, 0) is 51.0 Å². The zero-order valence-corrected chi connectivity index (χ0v) is 14.6. The van der Waals surface area contributed by atoms with Crippen LogP contribution < -0.4 is 0 Å². The third kappa shape index (κ3) is 3.94. The number of hydrogen-bond acceptors (Lipinski definition) is 4. The highest BCUT2D eigenvalue weighted by Gasteiger charge is 2.17. The Balaban J connectivity index is 1.57. The summed E-state index contributed by atoms with van der Waals surface area (Å²) in [6.45, 7) is 4.13. The second kappa shape index (κ2) is 7.77.